The van der Waals surface area contributed by atoms with Crippen molar-refractivity contribution in [2.75, 3.05) is 0 Å². The summed E-state index contributed by atoms with van der Waals surface area (Å²) in [6.45, 7) is 3.94. The zero-order chi connectivity index (χ0) is 8.97. The molecule has 0 aromatic carbocycles. The molecule has 0 N–H and O–H groups in total. The number of aromatic nitrogens is 1. The Kier molecular flexibility index (Phi) is 2.97. The smallest absolute Gasteiger partial charge is 0.127 e. The van der Waals surface area contributed by atoms with E-state index in [2.05, 4.69) is 4.98 Å². The van der Waals surface area contributed by atoms with Crippen molar-refractivity contribution in [1.29, 1.82) is 0 Å². The van der Waals surface area contributed by atoms with Crippen LogP contribution in [0.2, 0.25) is 0 Å². The van der Waals surface area contributed by atoms with Gasteiger partial charge in [0.1, 0.15) is 6.29 Å². The largest absolute Gasteiger partial charge is 0.303 e. The molecule has 64 valence electrons. The summed E-state index contributed by atoms with van der Waals surface area (Å²) in [4.78, 5) is 14.7. The Hall–Kier alpha value is -1.18. The lowest BCUT2D eigenvalue weighted by Gasteiger charge is -2.06. The van der Waals surface area contributed by atoms with Gasteiger partial charge < -0.3 is 4.79 Å². The number of pyridine rings is 1. The molecule has 0 aliphatic heterocycles. The Labute approximate surface area is 72.6 Å². The van der Waals surface area contributed by atoms with Crippen LogP contribution in [0.1, 0.15) is 30.5 Å². The molecule has 0 radical (unpaired) electrons. The van der Waals surface area contributed by atoms with Gasteiger partial charge in [0.2, 0.25) is 0 Å². The summed E-state index contributed by atoms with van der Waals surface area (Å²) in [7, 11) is 0. The second kappa shape index (κ2) is 4.00. The maximum atomic E-state index is 10.6. The lowest BCUT2D eigenvalue weighted by Crippen LogP contribution is -1.98. The number of rotatable bonds is 3. The summed E-state index contributed by atoms with van der Waals surface area (Å²) in [5.74, 6) is 0.0121. The van der Waals surface area contributed by atoms with Crippen LogP contribution in [0.4, 0.5) is 0 Å². The van der Waals surface area contributed by atoms with Crippen molar-refractivity contribution in [3.63, 3.8) is 0 Å². The molecule has 0 saturated heterocycles. The fourth-order valence-electron chi connectivity index (χ4n) is 1.11. The van der Waals surface area contributed by atoms with E-state index >= 15 is 0 Å². The van der Waals surface area contributed by atoms with Crippen molar-refractivity contribution in [3.05, 3.63) is 29.6 Å². The molecular formula is C10H13NO. The number of hydrogen-bond acceptors (Lipinski definition) is 2. The van der Waals surface area contributed by atoms with E-state index in [0.29, 0.717) is 0 Å². The predicted molar refractivity (Wildman–Crippen MR) is 48.1 cm³/mol. The topological polar surface area (TPSA) is 30.0 Å². The van der Waals surface area contributed by atoms with E-state index in [1.54, 1.807) is 6.20 Å². The van der Waals surface area contributed by atoms with E-state index in [1.165, 1.54) is 0 Å². The molecule has 2 heteroatoms. The van der Waals surface area contributed by atoms with Gasteiger partial charge >= 0.3 is 0 Å². The molecule has 0 bridgehead atoms. The van der Waals surface area contributed by atoms with Gasteiger partial charge in [0, 0.05) is 17.8 Å². The fourth-order valence-corrected chi connectivity index (χ4v) is 1.11. The summed E-state index contributed by atoms with van der Waals surface area (Å²) in [6, 6.07) is 3.90. The SMILES string of the molecule is CCC(C=O)c1ccc(C)nc1. The van der Waals surface area contributed by atoms with E-state index in [1.807, 2.05) is 26.0 Å². The highest BCUT2D eigenvalue weighted by atomic mass is 16.1. The molecule has 2 nitrogen and oxygen atoms in total. The molecule has 0 aliphatic carbocycles. The van der Waals surface area contributed by atoms with Crippen LogP contribution in [0.15, 0.2) is 18.3 Å². The van der Waals surface area contributed by atoms with Crippen molar-refractivity contribution < 1.29 is 4.79 Å². The van der Waals surface area contributed by atoms with Crippen LogP contribution in [0, 0.1) is 6.92 Å². The van der Waals surface area contributed by atoms with Gasteiger partial charge in [0.15, 0.2) is 0 Å². The van der Waals surface area contributed by atoms with Crippen molar-refractivity contribution in [2.24, 2.45) is 0 Å². The number of carbonyl (C=O) groups excluding carboxylic acids is 1. The van der Waals surface area contributed by atoms with Crippen LogP contribution in [-0.4, -0.2) is 11.3 Å². The average molecular weight is 163 g/mol. The highest BCUT2D eigenvalue weighted by Crippen LogP contribution is 2.15. The van der Waals surface area contributed by atoms with Crippen molar-refractivity contribution in [1.82, 2.24) is 4.98 Å². The maximum absolute atomic E-state index is 10.6. The van der Waals surface area contributed by atoms with Crippen LogP contribution < -0.4 is 0 Å². The van der Waals surface area contributed by atoms with E-state index in [0.717, 1.165) is 24.0 Å². The van der Waals surface area contributed by atoms with Gasteiger partial charge in [0.25, 0.3) is 0 Å². The third-order valence-corrected chi connectivity index (χ3v) is 1.97. The van der Waals surface area contributed by atoms with Gasteiger partial charge in [-0.2, -0.15) is 0 Å². The van der Waals surface area contributed by atoms with E-state index in [4.69, 9.17) is 0 Å². The Morgan fingerprint density at radius 3 is 2.75 bits per heavy atom. The Morgan fingerprint density at radius 2 is 2.33 bits per heavy atom. The molecule has 12 heavy (non-hydrogen) atoms. The second-order valence-corrected chi connectivity index (χ2v) is 2.88. The minimum atomic E-state index is 0.0121. The van der Waals surface area contributed by atoms with Gasteiger partial charge in [-0.25, -0.2) is 0 Å². The molecule has 1 heterocycles. The first-order valence-corrected chi connectivity index (χ1v) is 4.15. The normalized spacial score (nSPS) is 12.5. The third kappa shape index (κ3) is 1.91. The molecule has 1 atom stereocenters. The van der Waals surface area contributed by atoms with Crippen molar-refractivity contribution >= 4 is 6.29 Å². The monoisotopic (exact) mass is 163 g/mol. The fraction of sp³-hybridized carbons (Fsp3) is 0.400. The highest BCUT2D eigenvalue weighted by Gasteiger charge is 2.06. The van der Waals surface area contributed by atoms with Gasteiger partial charge in [-0.15, -0.1) is 0 Å². The first-order chi connectivity index (χ1) is 5.77. The zero-order valence-electron chi connectivity index (χ0n) is 7.45. The molecular weight excluding hydrogens is 150 g/mol. The predicted octanol–water partition coefficient (Wildman–Crippen LogP) is 2.08. The summed E-state index contributed by atoms with van der Waals surface area (Å²) >= 11 is 0. The van der Waals surface area contributed by atoms with Gasteiger partial charge in [0.05, 0.1) is 0 Å². The zero-order valence-corrected chi connectivity index (χ0v) is 7.45. The third-order valence-electron chi connectivity index (χ3n) is 1.97. The van der Waals surface area contributed by atoms with E-state index < -0.39 is 0 Å². The van der Waals surface area contributed by atoms with Crippen LogP contribution in [0.5, 0.6) is 0 Å². The lowest BCUT2D eigenvalue weighted by atomic mass is 10.00. The molecule has 0 aliphatic rings. The van der Waals surface area contributed by atoms with Crippen LogP contribution >= 0.6 is 0 Å². The molecule has 1 rings (SSSR count). The van der Waals surface area contributed by atoms with Crippen LogP contribution in [0.25, 0.3) is 0 Å². The quantitative estimate of drug-likeness (QED) is 0.638. The van der Waals surface area contributed by atoms with Crippen molar-refractivity contribution in [3.8, 4) is 0 Å². The number of carbonyl (C=O) groups is 1. The first-order valence-electron chi connectivity index (χ1n) is 4.15. The van der Waals surface area contributed by atoms with E-state index in [-0.39, 0.29) is 5.92 Å². The van der Waals surface area contributed by atoms with Gasteiger partial charge in [-0.3, -0.25) is 4.98 Å². The Bertz CT molecular complexity index is 253. The first kappa shape index (κ1) is 8.91. The maximum Gasteiger partial charge on any atom is 0.127 e. The van der Waals surface area contributed by atoms with E-state index in [9.17, 15) is 4.79 Å². The minimum absolute atomic E-state index is 0.0121. The number of aldehydes is 1. The standard InChI is InChI=1S/C10H13NO/c1-3-9(7-12)10-5-4-8(2)11-6-10/h4-7,9H,3H2,1-2H3. The summed E-state index contributed by atoms with van der Waals surface area (Å²) in [5.41, 5.74) is 2.00. The molecule has 1 unspecified atom stereocenters. The molecule has 0 spiro atoms. The van der Waals surface area contributed by atoms with Crippen LogP contribution in [0.3, 0.4) is 0 Å². The van der Waals surface area contributed by atoms with Gasteiger partial charge in [-0.05, 0) is 25.0 Å². The molecule has 0 saturated carbocycles. The molecule has 1 aromatic rings. The second-order valence-electron chi connectivity index (χ2n) is 2.88. The Balaban J connectivity index is 2.87. The van der Waals surface area contributed by atoms with Crippen LogP contribution in [-0.2, 0) is 4.79 Å². The summed E-state index contributed by atoms with van der Waals surface area (Å²) in [5, 5.41) is 0. The minimum Gasteiger partial charge on any atom is -0.303 e. The lowest BCUT2D eigenvalue weighted by molar-refractivity contribution is -0.109. The number of aryl methyl sites for hydroxylation is 1. The van der Waals surface area contributed by atoms with Crippen molar-refractivity contribution in [2.45, 2.75) is 26.2 Å². The average Bonchev–Trinajstić information content (AvgIpc) is 2.10. The molecule has 1 aromatic heterocycles. The Morgan fingerprint density at radius 1 is 1.58 bits per heavy atom. The molecule has 0 amide bonds. The number of nitrogens with zero attached hydrogens (tertiary/aromatic N) is 1. The summed E-state index contributed by atoms with van der Waals surface area (Å²) < 4.78 is 0. The van der Waals surface area contributed by atoms with Gasteiger partial charge in [-0.1, -0.05) is 13.0 Å². The summed E-state index contributed by atoms with van der Waals surface area (Å²) in [6.07, 6.45) is 3.60. The number of hydrogen-bond donors (Lipinski definition) is 0. The molecule has 0 fully saturated rings. The highest BCUT2D eigenvalue weighted by molar-refractivity contribution is 5.61.